The summed E-state index contributed by atoms with van der Waals surface area (Å²) < 4.78 is 15.9. The van der Waals surface area contributed by atoms with Gasteiger partial charge in [-0.1, -0.05) is 17.9 Å². The van der Waals surface area contributed by atoms with Crippen LogP contribution in [0.1, 0.15) is 26.7 Å². The number of aliphatic hydroxyl groups excluding tert-OH is 1. The monoisotopic (exact) mass is 221 g/mol. The molecule has 2 unspecified atom stereocenters. The third kappa shape index (κ3) is 5.30. The summed E-state index contributed by atoms with van der Waals surface area (Å²) in [5, 5.41) is 8.63. The van der Waals surface area contributed by atoms with E-state index in [1.165, 1.54) is 0 Å². The van der Waals surface area contributed by atoms with Crippen LogP contribution >= 0.6 is 7.80 Å². The van der Waals surface area contributed by atoms with Gasteiger partial charge in [0.25, 0.3) is 0 Å². The summed E-state index contributed by atoms with van der Waals surface area (Å²) in [6.07, 6.45) is 1.39. The van der Waals surface area contributed by atoms with Crippen LogP contribution in [-0.4, -0.2) is 30.2 Å². The molecule has 82 valence electrons. The molecule has 0 aromatic heterocycles. The Balaban J connectivity index is 4.13. The third-order valence-corrected chi connectivity index (χ3v) is 3.00. The molecule has 2 atom stereocenters. The number of esters is 1. The van der Waals surface area contributed by atoms with Gasteiger partial charge < -0.3 is 9.84 Å². The molecule has 14 heavy (non-hydrogen) atoms. The maximum atomic E-state index is 11.4. The van der Waals surface area contributed by atoms with Gasteiger partial charge in [-0.2, -0.15) is 0 Å². The van der Waals surface area contributed by atoms with Crippen LogP contribution in [0.5, 0.6) is 0 Å². The Labute approximate surface area is 85.4 Å². The first kappa shape index (κ1) is 13.5. The zero-order chi connectivity index (χ0) is 11.0. The Morgan fingerprint density at radius 2 is 2.14 bits per heavy atom. The molecular formula is C9H18O4P+. The fourth-order valence-electron chi connectivity index (χ4n) is 1.20. The van der Waals surface area contributed by atoms with Gasteiger partial charge in [0.15, 0.2) is 6.16 Å². The summed E-state index contributed by atoms with van der Waals surface area (Å²) in [5.74, 6) is -0.623. The molecule has 0 aliphatic carbocycles. The van der Waals surface area contributed by atoms with Gasteiger partial charge in [-0.05, 0) is 13.3 Å². The number of carbonyl (C=O) groups is 1. The molecule has 0 amide bonds. The predicted molar refractivity (Wildman–Crippen MR) is 54.6 cm³/mol. The maximum Gasteiger partial charge on any atom is 0.367 e. The molecular weight excluding hydrogens is 203 g/mol. The molecule has 5 heteroatoms. The van der Waals surface area contributed by atoms with E-state index in [4.69, 9.17) is 9.84 Å². The molecule has 0 rings (SSSR count). The molecule has 0 bridgehead atoms. The number of aliphatic hydroxyl groups is 1. The standard InChI is InChI=1S/C9H18O4P/c1-3-5-8(6-14(12)7-10)9(11)13-4-2/h8,10H,3-7H2,1-2H3/q+1. The second kappa shape index (κ2) is 7.89. The van der Waals surface area contributed by atoms with E-state index in [0.717, 1.165) is 6.42 Å². The highest BCUT2D eigenvalue weighted by Gasteiger charge is 2.28. The van der Waals surface area contributed by atoms with Crippen molar-refractivity contribution in [2.45, 2.75) is 26.7 Å². The molecule has 0 spiro atoms. The summed E-state index contributed by atoms with van der Waals surface area (Å²) in [6, 6.07) is 0. The van der Waals surface area contributed by atoms with Gasteiger partial charge in [0.2, 0.25) is 6.35 Å². The van der Waals surface area contributed by atoms with Gasteiger partial charge in [0.05, 0.1) is 6.61 Å². The first-order valence-corrected chi connectivity index (χ1v) is 6.48. The molecule has 0 aliphatic rings. The molecule has 0 heterocycles. The minimum atomic E-state index is -1.67. The highest BCUT2D eigenvalue weighted by atomic mass is 31.1. The number of hydrogen-bond donors (Lipinski definition) is 1. The zero-order valence-electron chi connectivity index (χ0n) is 8.73. The van der Waals surface area contributed by atoms with Crippen molar-refractivity contribution in [1.29, 1.82) is 0 Å². The molecule has 0 saturated heterocycles. The van der Waals surface area contributed by atoms with Crippen LogP contribution in [0.2, 0.25) is 0 Å². The average molecular weight is 221 g/mol. The van der Waals surface area contributed by atoms with Gasteiger partial charge in [0.1, 0.15) is 5.92 Å². The molecule has 0 aromatic rings. The van der Waals surface area contributed by atoms with Gasteiger partial charge >= 0.3 is 13.8 Å². The van der Waals surface area contributed by atoms with Crippen molar-refractivity contribution in [2.75, 3.05) is 19.1 Å². The van der Waals surface area contributed by atoms with Gasteiger partial charge in [-0.15, -0.1) is 0 Å². The molecule has 0 fully saturated rings. The molecule has 1 N–H and O–H groups in total. The molecule has 0 saturated carbocycles. The minimum absolute atomic E-state index is 0.235. The van der Waals surface area contributed by atoms with E-state index in [0.29, 0.717) is 13.0 Å². The lowest BCUT2D eigenvalue weighted by Gasteiger charge is -2.09. The summed E-state index contributed by atoms with van der Waals surface area (Å²) in [6.45, 7) is 4.04. The van der Waals surface area contributed by atoms with Crippen molar-refractivity contribution >= 4 is 13.8 Å². The van der Waals surface area contributed by atoms with E-state index in [2.05, 4.69) is 0 Å². The lowest BCUT2D eigenvalue weighted by Crippen LogP contribution is -2.20. The minimum Gasteiger partial charge on any atom is -0.466 e. The lowest BCUT2D eigenvalue weighted by atomic mass is 10.1. The topological polar surface area (TPSA) is 63.6 Å². The van der Waals surface area contributed by atoms with Crippen molar-refractivity contribution in [3.05, 3.63) is 0 Å². The third-order valence-electron chi connectivity index (χ3n) is 1.84. The molecule has 0 aliphatic heterocycles. The second-order valence-electron chi connectivity index (χ2n) is 3.04. The number of ether oxygens (including phenoxy) is 1. The van der Waals surface area contributed by atoms with Crippen molar-refractivity contribution < 1.29 is 19.2 Å². The maximum absolute atomic E-state index is 11.4. The fraction of sp³-hybridized carbons (Fsp3) is 0.889. The predicted octanol–water partition coefficient (Wildman–Crippen LogP) is 1.74. The van der Waals surface area contributed by atoms with Crippen LogP contribution in [-0.2, 0) is 14.1 Å². The van der Waals surface area contributed by atoms with Crippen LogP contribution in [0.15, 0.2) is 0 Å². The normalized spacial score (nSPS) is 13.5. The van der Waals surface area contributed by atoms with E-state index in [-0.39, 0.29) is 24.4 Å². The average Bonchev–Trinajstić information content (AvgIpc) is 2.17. The first-order chi connectivity index (χ1) is 6.65. The van der Waals surface area contributed by atoms with Crippen molar-refractivity contribution in [1.82, 2.24) is 0 Å². The van der Waals surface area contributed by atoms with Crippen molar-refractivity contribution in [3.8, 4) is 0 Å². The first-order valence-electron chi connectivity index (χ1n) is 4.85. The summed E-state index contributed by atoms with van der Waals surface area (Å²) in [5.41, 5.74) is 0. The summed E-state index contributed by atoms with van der Waals surface area (Å²) in [7, 11) is -1.67. The zero-order valence-corrected chi connectivity index (χ0v) is 9.63. The summed E-state index contributed by atoms with van der Waals surface area (Å²) >= 11 is 0. The van der Waals surface area contributed by atoms with Crippen LogP contribution in [0.4, 0.5) is 0 Å². The highest BCUT2D eigenvalue weighted by molar-refractivity contribution is 7.44. The smallest absolute Gasteiger partial charge is 0.367 e. The van der Waals surface area contributed by atoms with Gasteiger partial charge in [-0.25, -0.2) is 0 Å². The van der Waals surface area contributed by atoms with E-state index >= 15 is 0 Å². The van der Waals surface area contributed by atoms with E-state index in [1.54, 1.807) is 6.92 Å². The van der Waals surface area contributed by atoms with E-state index in [1.807, 2.05) is 6.92 Å². The van der Waals surface area contributed by atoms with E-state index < -0.39 is 7.80 Å². The Bertz CT molecular complexity index is 193. The van der Waals surface area contributed by atoms with Gasteiger partial charge in [0, 0.05) is 0 Å². The van der Waals surface area contributed by atoms with Crippen LogP contribution < -0.4 is 0 Å². The van der Waals surface area contributed by atoms with E-state index in [9.17, 15) is 9.36 Å². The highest BCUT2D eigenvalue weighted by Crippen LogP contribution is 2.25. The molecule has 0 radical (unpaired) electrons. The second-order valence-corrected chi connectivity index (χ2v) is 4.66. The lowest BCUT2D eigenvalue weighted by molar-refractivity contribution is -0.147. The van der Waals surface area contributed by atoms with Crippen LogP contribution in [0, 0.1) is 5.92 Å². The Hall–Kier alpha value is -0.470. The SMILES string of the molecule is CCCC(C[P+](=O)CO)C(=O)OCC. The fourth-order valence-corrected chi connectivity index (χ4v) is 2.13. The Morgan fingerprint density at radius 3 is 2.57 bits per heavy atom. The van der Waals surface area contributed by atoms with Gasteiger partial charge in [-0.3, -0.25) is 4.79 Å². The number of rotatable bonds is 7. The van der Waals surface area contributed by atoms with Crippen molar-refractivity contribution in [2.24, 2.45) is 5.92 Å². The number of carbonyl (C=O) groups excluding carboxylic acids is 1. The Kier molecular flexibility index (Phi) is 7.63. The summed E-state index contributed by atoms with van der Waals surface area (Å²) in [4.78, 5) is 11.4. The largest absolute Gasteiger partial charge is 0.466 e. The van der Waals surface area contributed by atoms with Crippen molar-refractivity contribution in [3.63, 3.8) is 0 Å². The Morgan fingerprint density at radius 1 is 1.50 bits per heavy atom. The van der Waals surface area contributed by atoms with Crippen LogP contribution in [0.25, 0.3) is 0 Å². The molecule has 4 nitrogen and oxygen atoms in total. The molecule has 0 aromatic carbocycles. The van der Waals surface area contributed by atoms with Crippen LogP contribution in [0.3, 0.4) is 0 Å². The quantitative estimate of drug-likeness (QED) is 0.525. The number of hydrogen-bond acceptors (Lipinski definition) is 4.